The molecule has 1 aliphatic heterocycles. The third-order valence-electron chi connectivity index (χ3n) is 4.33. The van der Waals surface area contributed by atoms with Gasteiger partial charge < -0.3 is 14.8 Å². The maximum absolute atomic E-state index is 5.46. The molecule has 0 saturated carbocycles. The molecule has 0 unspecified atom stereocenters. The van der Waals surface area contributed by atoms with Crippen LogP contribution in [0.2, 0.25) is 0 Å². The fraction of sp³-hybridized carbons (Fsp3) is 0.368. The van der Waals surface area contributed by atoms with E-state index in [4.69, 9.17) is 21.7 Å². The quantitative estimate of drug-likeness (QED) is 0.459. The van der Waals surface area contributed by atoms with Crippen molar-refractivity contribution in [2.75, 3.05) is 46.5 Å². The van der Waals surface area contributed by atoms with Crippen LogP contribution in [0.4, 0.5) is 0 Å². The molecule has 3 rings (SSSR count). The second-order valence-electron chi connectivity index (χ2n) is 5.98. The molecule has 0 aliphatic carbocycles. The summed E-state index contributed by atoms with van der Waals surface area (Å²) in [5.74, 6) is 0.778. The maximum Gasteiger partial charge on any atom is 0.187 e. The van der Waals surface area contributed by atoms with E-state index in [-0.39, 0.29) is 0 Å². The van der Waals surface area contributed by atoms with Crippen molar-refractivity contribution in [2.45, 2.75) is 0 Å². The zero-order valence-electron chi connectivity index (χ0n) is 14.9. The lowest BCUT2D eigenvalue weighted by molar-refractivity contribution is 0.0389. The SMILES string of the molecule is COc1ccc2ccccc2c1C=NNC(=S)NCCN1CCOCC1. The van der Waals surface area contributed by atoms with E-state index in [1.165, 1.54) is 0 Å². The van der Waals surface area contributed by atoms with Gasteiger partial charge in [-0.3, -0.25) is 10.3 Å². The maximum atomic E-state index is 5.46. The molecule has 2 N–H and O–H groups in total. The molecule has 0 radical (unpaired) electrons. The molecule has 1 fully saturated rings. The van der Waals surface area contributed by atoms with E-state index in [2.05, 4.69) is 32.9 Å². The average molecular weight is 372 g/mol. The van der Waals surface area contributed by atoms with Crippen molar-refractivity contribution in [3.05, 3.63) is 42.0 Å². The minimum absolute atomic E-state index is 0.508. The van der Waals surface area contributed by atoms with Gasteiger partial charge in [0.05, 0.1) is 26.5 Å². The highest BCUT2D eigenvalue weighted by Crippen LogP contribution is 2.26. The van der Waals surface area contributed by atoms with Crippen LogP contribution in [0.5, 0.6) is 5.75 Å². The second kappa shape index (κ2) is 9.47. The zero-order valence-corrected chi connectivity index (χ0v) is 15.7. The van der Waals surface area contributed by atoms with E-state index in [0.29, 0.717) is 5.11 Å². The van der Waals surface area contributed by atoms with Gasteiger partial charge in [-0.1, -0.05) is 30.3 Å². The van der Waals surface area contributed by atoms with Crippen molar-refractivity contribution in [1.29, 1.82) is 0 Å². The van der Waals surface area contributed by atoms with Crippen molar-refractivity contribution >= 4 is 34.3 Å². The lowest BCUT2D eigenvalue weighted by atomic mass is 10.0. The van der Waals surface area contributed by atoms with Crippen molar-refractivity contribution < 1.29 is 9.47 Å². The van der Waals surface area contributed by atoms with Gasteiger partial charge in [0, 0.05) is 31.7 Å². The summed E-state index contributed by atoms with van der Waals surface area (Å²) < 4.78 is 10.8. The number of rotatable bonds is 6. The number of methoxy groups -OCH3 is 1. The number of hydrazone groups is 1. The van der Waals surface area contributed by atoms with E-state index >= 15 is 0 Å². The molecule has 1 heterocycles. The first-order valence-electron chi connectivity index (χ1n) is 8.70. The van der Waals surface area contributed by atoms with Gasteiger partial charge in [0.1, 0.15) is 5.75 Å². The van der Waals surface area contributed by atoms with Gasteiger partial charge in [0.2, 0.25) is 0 Å². The Kier molecular flexibility index (Phi) is 6.76. The molecule has 1 saturated heterocycles. The fourth-order valence-electron chi connectivity index (χ4n) is 2.93. The van der Waals surface area contributed by atoms with Gasteiger partial charge in [0.25, 0.3) is 0 Å². The van der Waals surface area contributed by atoms with Crippen molar-refractivity contribution in [2.24, 2.45) is 5.10 Å². The first-order valence-corrected chi connectivity index (χ1v) is 9.11. The number of hydrogen-bond donors (Lipinski definition) is 2. The molecule has 0 aromatic heterocycles. The number of thiocarbonyl (C=S) groups is 1. The normalized spacial score (nSPS) is 15.3. The predicted octanol–water partition coefficient (Wildman–Crippen LogP) is 1.98. The highest BCUT2D eigenvalue weighted by Gasteiger charge is 2.09. The molecular formula is C19H24N4O2S. The number of nitrogens with one attached hydrogen (secondary N) is 2. The van der Waals surface area contributed by atoms with Crippen LogP contribution in [-0.4, -0.2) is 62.7 Å². The largest absolute Gasteiger partial charge is 0.496 e. The predicted molar refractivity (Wildman–Crippen MR) is 109 cm³/mol. The van der Waals surface area contributed by atoms with E-state index in [9.17, 15) is 0 Å². The van der Waals surface area contributed by atoms with Crippen LogP contribution >= 0.6 is 12.2 Å². The summed E-state index contributed by atoms with van der Waals surface area (Å²) in [6.07, 6.45) is 1.75. The molecule has 0 atom stereocenters. The number of morpholine rings is 1. The monoisotopic (exact) mass is 372 g/mol. The summed E-state index contributed by atoms with van der Waals surface area (Å²) in [6, 6.07) is 12.1. The van der Waals surface area contributed by atoms with Crippen LogP contribution in [-0.2, 0) is 4.74 Å². The molecule has 7 heteroatoms. The summed E-state index contributed by atoms with van der Waals surface area (Å²) in [5.41, 5.74) is 3.80. The van der Waals surface area contributed by atoms with E-state index < -0.39 is 0 Å². The topological polar surface area (TPSA) is 58.1 Å². The Bertz CT molecular complexity index is 775. The van der Waals surface area contributed by atoms with Gasteiger partial charge in [-0.05, 0) is 29.1 Å². The molecule has 0 spiro atoms. The summed E-state index contributed by atoms with van der Waals surface area (Å²) in [7, 11) is 1.66. The summed E-state index contributed by atoms with van der Waals surface area (Å²) in [6.45, 7) is 5.27. The lowest BCUT2D eigenvalue weighted by Crippen LogP contribution is -2.42. The van der Waals surface area contributed by atoms with Crippen LogP contribution in [0.15, 0.2) is 41.5 Å². The average Bonchev–Trinajstić information content (AvgIpc) is 2.69. The standard InChI is InChI=1S/C19H24N4O2S/c1-24-18-7-6-15-4-2-3-5-16(15)17(18)14-21-22-19(26)20-8-9-23-10-12-25-13-11-23/h2-7,14H,8-13H2,1H3,(H2,20,22,26). The highest BCUT2D eigenvalue weighted by molar-refractivity contribution is 7.80. The van der Waals surface area contributed by atoms with Gasteiger partial charge in [0.15, 0.2) is 5.11 Å². The Morgan fingerprint density at radius 2 is 2.08 bits per heavy atom. The summed E-state index contributed by atoms with van der Waals surface area (Å²) in [5, 5.41) is 10.2. The Hall–Kier alpha value is -2.22. The highest BCUT2D eigenvalue weighted by atomic mass is 32.1. The van der Waals surface area contributed by atoms with Gasteiger partial charge >= 0.3 is 0 Å². The number of nitrogens with zero attached hydrogens (tertiary/aromatic N) is 2. The van der Waals surface area contributed by atoms with E-state index in [1.54, 1.807) is 13.3 Å². The molecule has 2 aromatic carbocycles. The van der Waals surface area contributed by atoms with Crippen LogP contribution in [0.1, 0.15) is 5.56 Å². The molecule has 0 amide bonds. The number of fused-ring (bicyclic) bond motifs is 1. The first kappa shape index (κ1) is 18.6. The minimum atomic E-state index is 0.508. The van der Waals surface area contributed by atoms with Crippen LogP contribution in [0.3, 0.4) is 0 Å². The minimum Gasteiger partial charge on any atom is -0.496 e. The number of benzene rings is 2. The third-order valence-corrected chi connectivity index (χ3v) is 4.56. The van der Waals surface area contributed by atoms with Crippen LogP contribution in [0.25, 0.3) is 10.8 Å². The smallest absolute Gasteiger partial charge is 0.187 e. The molecule has 2 aromatic rings. The number of hydrogen-bond acceptors (Lipinski definition) is 5. The molecular weight excluding hydrogens is 348 g/mol. The molecule has 1 aliphatic rings. The Balaban J connectivity index is 1.54. The van der Waals surface area contributed by atoms with E-state index in [0.717, 1.165) is 61.5 Å². The molecule has 26 heavy (non-hydrogen) atoms. The zero-order chi connectivity index (χ0) is 18.2. The van der Waals surface area contributed by atoms with Crippen molar-refractivity contribution in [3.63, 3.8) is 0 Å². The lowest BCUT2D eigenvalue weighted by Gasteiger charge is -2.26. The third kappa shape index (κ3) is 4.91. The summed E-state index contributed by atoms with van der Waals surface area (Å²) in [4.78, 5) is 2.35. The molecule has 138 valence electrons. The summed E-state index contributed by atoms with van der Waals surface area (Å²) >= 11 is 5.28. The Morgan fingerprint density at radius 3 is 2.88 bits per heavy atom. The van der Waals surface area contributed by atoms with Crippen LogP contribution < -0.4 is 15.5 Å². The second-order valence-corrected chi connectivity index (χ2v) is 6.39. The molecule has 0 bridgehead atoms. The van der Waals surface area contributed by atoms with Gasteiger partial charge in [-0.15, -0.1) is 0 Å². The van der Waals surface area contributed by atoms with Crippen LogP contribution in [0, 0.1) is 0 Å². The first-order chi connectivity index (χ1) is 12.8. The van der Waals surface area contributed by atoms with Crippen molar-refractivity contribution in [1.82, 2.24) is 15.6 Å². The molecule has 6 nitrogen and oxygen atoms in total. The Morgan fingerprint density at radius 1 is 1.27 bits per heavy atom. The van der Waals surface area contributed by atoms with E-state index in [1.807, 2.05) is 24.3 Å². The Labute approximate surface area is 159 Å². The van der Waals surface area contributed by atoms with Gasteiger partial charge in [-0.2, -0.15) is 5.10 Å². The van der Waals surface area contributed by atoms with Crippen molar-refractivity contribution in [3.8, 4) is 5.75 Å². The number of ether oxygens (including phenoxy) is 2. The fourth-order valence-corrected chi connectivity index (χ4v) is 3.09. The van der Waals surface area contributed by atoms with Gasteiger partial charge in [-0.25, -0.2) is 0 Å².